The summed E-state index contributed by atoms with van der Waals surface area (Å²) in [6.45, 7) is 5.84. The Hall–Kier alpha value is -3.61. The molecule has 0 atom stereocenters. The number of anilines is 1. The summed E-state index contributed by atoms with van der Waals surface area (Å²) in [4.78, 5) is 17.0. The zero-order valence-electron chi connectivity index (χ0n) is 17.0. The van der Waals surface area contributed by atoms with Gasteiger partial charge in [-0.15, -0.1) is 0 Å². The second-order valence-corrected chi connectivity index (χ2v) is 8.01. The molecule has 0 radical (unpaired) electrons. The Kier molecular flexibility index (Phi) is 6.20. The number of benzene rings is 2. The lowest BCUT2D eigenvalue weighted by molar-refractivity contribution is 0.102. The molecule has 3 rings (SSSR count). The van der Waals surface area contributed by atoms with Gasteiger partial charge in [-0.05, 0) is 31.9 Å². The molecule has 30 heavy (non-hydrogen) atoms. The molecule has 0 aliphatic carbocycles. The van der Waals surface area contributed by atoms with Gasteiger partial charge in [-0.3, -0.25) is 4.79 Å². The summed E-state index contributed by atoms with van der Waals surface area (Å²) in [5.74, 6) is 0.112. The molecule has 0 saturated heterocycles. The zero-order chi connectivity index (χ0) is 21.8. The van der Waals surface area contributed by atoms with Gasteiger partial charge in [0.1, 0.15) is 28.5 Å². The van der Waals surface area contributed by atoms with Crippen LogP contribution in [0, 0.1) is 43.4 Å². The molecule has 2 aromatic carbocycles. The first-order valence-electron chi connectivity index (χ1n) is 9.29. The van der Waals surface area contributed by atoms with E-state index in [-0.39, 0.29) is 28.5 Å². The number of ketones is 1. The monoisotopic (exact) mass is 412 g/mol. The molecule has 0 bridgehead atoms. The van der Waals surface area contributed by atoms with Gasteiger partial charge >= 0.3 is 0 Å². The molecular formula is C24H20N4OS. The lowest BCUT2D eigenvalue weighted by atomic mass is 9.96. The van der Waals surface area contributed by atoms with Gasteiger partial charge in [0, 0.05) is 11.1 Å². The maximum atomic E-state index is 12.7. The summed E-state index contributed by atoms with van der Waals surface area (Å²) in [5.41, 5.74) is 11.3. The van der Waals surface area contributed by atoms with E-state index >= 15 is 0 Å². The summed E-state index contributed by atoms with van der Waals surface area (Å²) < 4.78 is 0. The van der Waals surface area contributed by atoms with E-state index in [4.69, 9.17) is 5.73 Å². The molecule has 1 aromatic heterocycles. The van der Waals surface area contributed by atoms with Gasteiger partial charge in [-0.2, -0.15) is 10.5 Å². The highest BCUT2D eigenvalue weighted by atomic mass is 32.2. The van der Waals surface area contributed by atoms with Crippen molar-refractivity contribution in [1.29, 1.82) is 10.5 Å². The van der Waals surface area contributed by atoms with Crippen LogP contribution in [0.4, 0.5) is 5.82 Å². The maximum absolute atomic E-state index is 12.7. The number of pyridine rings is 1. The van der Waals surface area contributed by atoms with Crippen LogP contribution in [0.2, 0.25) is 0 Å². The third-order valence-electron chi connectivity index (χ3n) is 4.78. The molecule has 0 saturated carbocycles. The van der Waals surface area contributed by atoms with Gasteiger partial charge in [0.05, 0.1) is 11.3 Å². The minimum absolute atomic E-state index is 0.0496. The van der Waals surface area contributed by atoms with Crippen molar-refractivity contribution >= 4 is 23.4 Å². The topological polar surface area (TPSA) is 104 Å². The number of aromatic nitrogens is 1. The van der Waals surface area contributed by atoms with Crippen molar-refractivity contribution in [2.75, 3.05) is 11.5 Å². The van der Waals surface area contributed by atoms with E-state index < -0.39 is 0 Å². The number of nitrogens with two attached hydrogens (primary N) is 1. The number of thioether (sulfide) groups is 1. The number of Topliss-reactive ketones (excluding diaryl/α,β-unsaturated/α-hetero) is 1. The van der Waals surface area contributed by atoms with Gasteiger partial charge in [-0.25, -0.2) is 4.98 Å². The Morgan fingerprint density at radius 2 is 1.63 bits per heavy atom. The van der Waals surface area contributed by atoms with Gasteiger partial charge in [0.25, 0.3) is 0 Å². The largest absolute Gasteiger partial charge is 0.383 e. The predicted octanol–water partition coefficient (Wildman–Crippen LogP) is 4.97. The third-order valence-corrected chi connectivity index (χ3v) is 5.75. The normalized spacial score (nSPS) is 10.3. The van der Waals surface area contributed by atoms with Gasteiger partial charge < -0.3 is 5.73 Å². The lowest BCUT2D eigenvalue weighted by Gasteiger charge is -2.13. The van der Waals surface area contributed by atoms with Crippen LogP contribution >= 0.6 is 11.8 Å². The predicted molar refractivity (Wildman–Crippen MR) is 119 cm³/mol. The molecule has 0 aliphatic heterocycles. The van der Waals surface area contributed by atoms with Crippen LogP contribution in [-0.2, 0) is 0 Å². The van der Waals surface area contributed by atoms with E-state index in [1.165, 1.54) is 0 Å². The van der Waals surface area contributed by atoms with Crippen LogP contribution in [-0.4, -0.2) is 16.5 Å². The van der Waals surface area contributed by atoms with Crippen molar-refractivity contribution in [3.05, 3.63) is 75.8 Å². The third kappa shape index (κ3) is 4.20. The van der Waals surface area contributed by atoms with E-state index in [2.05, 4.69) is 17.1 Å². The van der Waals surface area contributed by atoms with Crippen LogP contribution in [0.25, 0.3) is 11.1 Å². The fourth-order valence-corrected chi connectivity index (χ4v) is 4.13. The molecule has 0 fully saturated rings. The minimum atomic E-state index is -0.0528. The van der Waals surface area contributed by atoms with Crippen molar-refractivity contribution < 1.29 is 4.79 Å². The van der Waals surface area contributed by atoms with Crippen LogP contribution in [0.5, 0.6) is 0 Å². The number of nitriles is 2. The molecule has 0 amide bonds. The molecule has 3 aromatic rings. The second-order valence-electron chi connectivity index (χ2n) is 7.05. The molecule has 0 spiro atoms. The molecule has 6 heteroatoms. The van der Waals surface area contributed by atoms with Crippen LogP contribution in [0.3, 0.4) is 0 Å². The summed E-state index contributed by atoms with van der Waals surface area (Å²) >= 11 is 1.16. The molecule has 2 N–H and O–H groups in total. The van der Waals surface area contributed by atoms with Gasteiger partial charge in [0.2, 0.25) is 0 Å². The highest BCUT2D eigenvalue weighted by molar-refractivity contribution is 8.00. The first-order chi connectivity index (χ1) is 14.3. The minimum Gasteiger partial charge on any atom is -0.383 e. The standard InChI is InChI=1S/C24H20N4OS/c1-14-4-7-17(8-5-14)22-19(11-25)23(27)28-24(20(22)12-26)30-13-21(29)18-9-6-15(2)10-16(18)3/h4-10H,13H2,1-3H3,(H2,27,28). The van der Waals surface area contributed by atoms with E-state index in [0.29, 0.717) is 21.7 Å². The maximum Gasteiger partial charge on any atom is 0.173 e. The van der Waals surface area contributed by atoms with Crippen molar-refractivity contribution in [2.45, 2.75) is 25.8 Å². The Morgan fingerprint density at radius 3 is 2.23 bits per heavy atom. The Morgan fingerprint density at radius 1 is 1.00 bits per heavy atom. The fourth-order valence-electron chi connectivity index (χ4n) is 3.25. The number of nitrogens with zero attached hydrogens (tertiary/aromatic N) is 3. The molecular weight excluding hydrogens is 392 g/mol. The number of hydrogen-bond acceptors (Lipinski definition) is 6. The fraction of sp³-hybridized carbons (Fsp3) is 0.167. The number of carbonyl (C=O) groups is 1. The zero-order valence-corrected chi connectivity index (χ0v) is 17.8. The van der Waals surface area contributed by atoms with Crippen LogP contribution in [0.1, 0.15) is 38.2 Å². The number of hydrogen-bond donors (Lipinski definition) is 1. The average Bonchev–Trinajstić information content (AvgIpc) is 2.72. The van der Waals surface area contributed by atoms with Crippen molar-refractivity contribution in [3.8, 4) is 23.3 Å². The van der Waals surface area contributed by atoms with E-state index in [9.17, 15) is 15.3 Å². The Balaban J connectivity index is 2.01. The highest BCUT2D eigenvalue weighted by Gasteiger charge is 2.21. The molecule has 0 aliphatic rings. The molecule has 1 heterocycles. The Bertz CT molecular complexity index is 1220. The highest BCUT2D eigenvalue weighted by Crippen LogP contribution is 2.36. The quantitative estimate of drug-likeness (QED) is 0.468. The van der Waals surface area contributed by atoms with E-state index in [0.717, 1.165) is 28.5 Å². The molecule has 0 unspecified atom stereocenters. The number of aryl methyl sites for hydroxylation is 3. The summed E-state index contributed by atoms with van der Waals surface area (Å²) in [5, 5.41) is 19.8. The van der Waals surface area contributed by atoms with Gasteiger partial charge in [0.15, 0.2) is 5.78 Å². The summed E-state index contributed by atoms with van der Waals surface area (Å²) in [6, 6.07) is 17.4. The van der Waals surface area contributed by atoms with Crippen LogP contribution < -0.4 is 5.73 Å². The summed E-state index contributed by atoms with van der Waals surface area (Å²) in [7, 11) is 0. The number of carbonyl (C=O) groups excluding carboxylic acids is 1. The SMILES string of the molecule is Cc1ccc(-c2c(C#N)c(N)nc(SCC(=O)c3ccc(C)cc3C)c2C#N)cc1. The second kappa shape index (κ2) is 8.82. The number of rotatable bonds is 5. The smallest absolute Gasteiger partial charge is 0.173 e. The van der Waals surface area contributed by atoms with Crippen molar-refractivity contribution in [3.63, 3.8) is 0 Å². The summed E-state index contributed by atoms with van der Waals surface area (Å²) in [6.07, 6.45) is 0. The van der Waals surface area contributed by atoms with Crippen molar-refractivity contribution in [1.82, 2.24) is 4.98 Å². The first kappa shape index (κ1) is 21.1. The number of nitrogen functional groups attached to an aromatic ring is 1. The van der Waals surface area contributed by atoms with Gasteiger partial charge in [-0.1, -0.05) is 65.4 Å². The lowest BCUT2D eigenvalue weighted by Crippen LogP contribution is -2.07. The van der Waals surface area contributed by atoms with E-state index in [1.807, 2.05) is 63.2 Å². The Labute approximate surface area is 180 Å². The van der Waals surface area contributed by atoms with E-state index in [1.54, 1.807) is 0 Å². The first-order valence-corrected chi connectivity index (χ1v) is 10.3. The molecule has 5 nitrogen and oxygen atoms in total. The van der Waals surface area contributed by atoms with Crippen LogP contribution in [0.15, 0.2) is 47.5 Å². The van der Waals surface area contributed by atoms with Crippen molar-refractivity contribution in [2.24, 2.45) is 0 Å². The average molecular weight is 413 g/mol. The molecule has 148 valence electrons.